The Kier molecular flexibility index (Phi) is 5.03. The normalized spacial score (nSPS) is 20.4. The molecule has 1 aromatic rings. The first kappa shape index (κ1) is 17.0. The summed E-state index contributed by atoms with van der Waals surface area (Å²) in [6.45, 7) is 5.91. The van der Waals surface area contributed by atoms with Crippen LogP contribution >= 0.6 is 0 Å². The minimum atomic E-state index is -0.882. The molecule has 1 fully saturated rings. The third kappa shape index (κ3) is 3.70. The summed E-state index contributed by atoms with van der Waals surface area (Å²) in [7, 11) is 0. The van der Waals surface area contributed by atoms with Gasteiger partial charge in [0.2, 0.25) is 5.91 Å². The lowest BCUT2D eigenvalue weighted by Crippen LogP contribution is -2.43. The van der Waals surface area contributed by atoms with Crippen molar-refractivity contribution >= 4 is 17.8 Å². The molecule has 23 heavy (non-hydrogen) atoms. The van der Waals surface area contributed by atoms with E-state index in [-0.39, 0.29) is 24.4 Å². The molecule has 0 radical (unpaired) electrons. The number of aliphatic carboxylic acids is 1. The molecule has 1 aliphatic heterocycles. The van der Waals surface area contributed by atoms with Crippen molar-refractivity contribution in [2.24, 2.45) is 5.92 Å². The molecule has 0 bridgehead atoms. The summed E-state index contributed by atoms with van der Waals surface area (Å²) in [5.41, 5.74) is 2.63. The molecule has 6 nitrogen and oxygen atoms in total. The third-order valence-corrected chi connectivity index (χ3v) is 4.56. The van der Waals surface area contributed by atoms with E-state index in [1.807, 2.05) is 19.9 Å². The van der Waals surface area contributed by atoms with Crippen LogP contribution in [-0.4, -0.2) is 46.9 Å². The van der Waals surface area contributed by atoms with Crippen molar-refractivity contribution in [3.8, 4) is 0 Å². The monoisotopic (exact) mass is 318 g/mol. The first-order valence-electron chi connectivity index (χ1n) is 7.69. The van der Waals surface area contributed by atoms with E-state index in [0.717, 1.165) is 11.1 Å². The van der Waals surface area contributed by atoms with Crippen LogP contribution in [-0.2, 0) is 9.59 Å². The molecule has 2 atom stereocenters. The molecule has 1 aromatic carbocycles. The molecule has 2 amide bonds. The summed E-state index contributed by atoms with van der Waals surface area (Å²) in [5.74, 6) is -1.97. The Labute approximate surface area is 135 Å². The van der Waals surface area contributed by atoms with Crippen molar-refractivity contribution < 1.29 is 19.5 Å². The number of carboxylic acid groups (broad SMARTS) is 1. The van der Waals surface area contributed by atoms with E-state index in [9.17, 15) is 14.4 Å². The maximum Gasteiger partial charge on any atom is 0.308 e. The molecular formula is C17H22N2O4. The molecule has 0 aromatic heterocycles. The van der Waals surface area contributed by atoms with Crippen LogP contribution in [0.1, 0.15) is 34.8 Å². The van der Waals surface area contributed by atoms with Crippen LogP contribution < -0.4 is 5.32 Å². The van der Waals surface area contributed by atoms with Gasteiger partial charge in [-0.2, -0.15) is 0 Å². The number of amides is 2. The second kappa shape index (κ2) is 6.81. The van der Waals surface area contributed by atoms with Crippen molar-refractivity contribution in [1.29, 1.82) is 0 Å². The van der Waals surface area contributed by atoms with Crippen LogP contribution in [0.4, 0.5) is 0 Å². The lowest BCUT2D eigenvalue weighted by Gasteiger charge is -2.23. The highest BCUT2D eigenvalue weighted by molar-refractivity contribution is 5.96. The molecule has 2 N–H and O–H groups in total. The average molecular weight is 318 g/mol. The van der Waals surface area contributed by atoms with Crippen LogP contribution in [0.25, 0.3) is 0 Å². The smallest absolute Gasteiger partial charge is 0.308 e. The van der Waals surface area contributed by atoms with Crippen LogP contribution in [0.5, 0.6) is 0 Å². The van der Waals surface area contributed by atoms with Gasteiger partial charge in [-0.15, -0.1) is 0 Å². The zero-order valence-electron chi connectivity index (χ0n) is 13.6. The summed E-state index contributed by atoms with van der Waals surface area (Å²) >= 11 is 0. The predicted octanol–water partition coefficient (Wildman–Crippen LogP) is 1.35. The van der Waals surface area contributed by atoms with Gasteiger partial charge in [-0.25, -0.2) is 0 Å². The minimum absolute atomic E-state index is 0.123. The second-order valence-electron chi connectivity index (χ2n) is 6.04. The van der Waals surface area contributed by atoms with E-state index >= 15 is 0 Å². The van der Waals surface area contributed by atoms with Gasteiger partial charge in [-0.05, 0) is 50.5 Å². The molecule has 2 rings (SSSR count). The van der Waals surface area contributed by atoms with E-state index in [1.54, 1.807) is 19.1 Å². The average Bonchev–Trinajstić information content (AvgIpc) is 2.89. The maximum absolute atomic E-state index is 12.2. The highest BCUT2D eigenvalue weighted by atomic mass is 16.4. The van der Waals surface area contributed by atoms with E-state index in [1.165, 1.54) is 4.90 Å². The summed E-state index contributed by atoms with van der Waals surface area (Å²) in [5, 5.41) is 11.7. The molecule has 0 spiro atoms. The van der Waals surface area contributed by atoms with E-state index in [4.69, 9.17) is 5.11 Å². The van der Waals surface area contributed by atoms with E-state index in [0.29, 0.717) is 18.5 Å². The topological polar surface area (TPSA) is 86.7 Å². The quantitative estimate of drug-likeness (QED) is 0.877. The molecule has 1 saturated heterocycles. The molecule has 1 heterocycles. The van der Waals surface area contributed by atoms with Crippen LogP contribution in [0.15, 0.2) is 18.2 Å². The molecular weight excluding hydrogens is 296 g/mol. The van der Waals surface area contributed by atoms with Gasteiger partial charge >= 0.3 is 5.97 Å². The van der Waals surface area contributed by atoms with Gasteiger partial charge in [0.05, 0.1) is 12.5 Å². The van der Waals surface area contributed by atoms with Gasteiger partial charge in [0, 0.05) is 18.2 Å². The zero-order valence-corrected chi connectivity index (χ0v) is 13.6. The fraction of sp³-hybridized carbons (Fsp3) is 0.471. The number of carbonyl (C=O) groups excluding carboxylic acids is 2. The summed E-state index contributed by atoms with van der Waals surface area (Å²) in [6.07, 6.45) is 0.452. The van der Waals surface area contributed by atoms with Gasteiger partial charge in [0.1, 0.15) is 0 Å². The molecule has 124 valence electrons. The Balaban J connectivity index is 1.93. The number of hydrogen-bond acceptors (Lipinski definition) is 3. The van der Waals surface area contributed by atoms with Crippen molar-refractivity contribution in [3.63, 3.8) is 0 Å². The SMILES string of the molecule is Cc1ccc(C(=O)NCC(=O)N2CCC(C(=O)O)C2C)cc1C. The molecule has 1 aliphatic rings. The first-order valence-corrected chi connectivity index (χ1v) is 7.69. The molecule has 0 aliphatic carbocycles. The molecule has 0 saturated carbocycles. The Hall–Kier alpha value is -2.37. The lowest BCUT2D eigenvalue weighted by molar-refractivity contribution is -0.143. The number of carboxylic acids is 1. The van der Waals surface area contributed by atoms with Crippen molar-refractivity contribution in [3.05, 3.63) is 34.9 Å². The van der Waals surface area contributed by atoms with Crippen molar-refractivity contribution in [2.45, 2.75) is 33.2 Å². The molecule has 2 unspecified atom stereocenters. The van der Waals surface area contributed by atoms with Crippen molar-refractivity contribution in [1.82, 2.24) is 10.2 Å². The Morgan fingerprint density at radius 2 is 1.96 bits per heavy atom. The van der Waals surface area contributed by atoms with Crippen molar-refractivity contribution in [2.75, 3.05) is 13.1 Å². The van der Waals surface area contributed by atoms with E-state index < -0.39 is 11.9 Å². The summed E-state index contributed by atoms with van der Waals surface area (Å²) in [6, 6.07) is 5.03. The van der Waals surface area contributed by atoms with Crippen LogP contribution in [0.3, 0.4) is 0 Å². The van der Waals surface area contributed by atoms with Gasteiger partial charge in [-0.1, -0.05) is 6.07 Å². The van der Waals surface area contributed by atoms with Crippen LogP contribution in [0.2, 0.25) is 0 Å². The number of carbonyl (C=O) groups is 3. The Morgan fingerprint density at radius 3 is 2.52 bits per heavy atom. The van der Waals surface area contributed by atoms with Gasteiger partial charge in [-0.3, -0.25) is 14.4 Å². The molecule has 6 heteroatoms. The number of nitrogens with one attached hydrogen (secondary N) is 1. The maximum atomic E-state index is 12.2. The predicted molar refractivity (Wildman–Crippen MR) is 85.2 cm³/mol. The van der Waals surface area contributed by atoms with Gasteiger partial charge < -0.3 is 15.3 Å². The highest BCUT2D eigenvalue weighted by Gasteiger charge is 2.37. The third-order valence-electron chi connectivity index (χ3n) is 4.56. The summed E-state index contributed by atoms with van der Waals surface area (Å²) < 4.78 is 0. The van der Waals surface area contributed by atoms with Gasteiger partial charge in [0.15, 0.2) is 0 Å². The standard InChI is InChI=1S/C17H22N2O4/c1-10-4-5-13(8-11(10)2)16(21)18-9-15(20)19-7-6-14(12(19)3)17(22)23/h4-5,8,12,14H,6-7,9H2,1-3H3,(H,18,21)(H,22,23). The minimum Gasteiger partial charge on any atom is -0.481 e. The highest BCUT2D eigenvalue weighted by Crippen LogP contribution is 2.24. The summed E-state index contributed by atoms with van der Waals surface area (Å²) in [4.78, 5) is 36.9. The number of rotatable bonds is 4. The number of aryl methyl sites for hydroxylation is 2. The largest absolute Gasteiger partial charge is 0.481 e. The number of benzene rings is 1. The van der Waals surface area contributed by atoms with Gasteiger partial charge in [0.25, 0.3) is 5.91 Å². The first-order chi connectivity index (χ1) is 10.8. The zero-order chi connectivity index (χ0) is 17.1. The number of hydrogen-bond donors (Lipinski definition) is 2. The number of likely N-dealkylation sites (tertiary alicyclic amines) is 1. The fourth-order valence-electron chi connectivity index (χ4n) is 2.86. The fourth-order valence-corrected chi connectivity index (χ4v) is 2.86. The number of nitrogens with zero attached hydrogens (tertiary/aromatic N) is 1. The van der Waals surface area contributed by atoms with E-state index in [2.05, 4.69) is 5.32 Å². The van der Waals surface area contributed by atoms with Crippen LogP contribution in [0, 0.1) is 19.8 Å². The second-order valence-corrected chi connectivity index (χ2v) is 6.04. The Morgan fingerprint density at radius 1 is 1.26 bits per heavy atom. The lowest BCUT2D eigenvalue weighted by atomic mass is 10.0. The Bertz CT molecular complexity index is 641.